The molecule has 0 aliphatic heterocycles. The maximum absolute atomic E-state index is 2.39. The molecule has 2 heteroatoms. The summed E-state index contributed by atoms with van der Waals surface area (Å²) in [7, 11) is 2.03. The topological polar surface area (TPSA) is 0 Å². The zero-order valence-electron chi connectivity index (χ0n) is 6.08. The molecule has 0 aromatic carbocycles. The van der Waals surface area contributed by atoms with E-state index in [9.17, 15) is 0 Å². The van der Waals surface area contributed by atoms with Crippen LogP contribution in [0.25, 0.3) is 0 Å². The Morgan fingerprint density at radius 1 is 1.29 bits per heavy atom. The van der Waals surface area contributed by atoms with E-state index in [-0.39, 0.29) is 7.80 Å². The fourth-order valence-electron chi connectivity index (χ4n) is 0. The monoisotopic (exact) mass is 118 g/mol. The van der Waals surface area contributed by atoms with E-state index in [1.54, 1.807) is 0 Å². The van der Waals surface area contributed by atoms with E-state index in [2.05, 4.69) is 35.0 Å². The molecule has 7 heavy (non-hydrogen) atoms. The van der Waals surface area contributed by atoms with Crippen LogP contribution in [-0.2, 0) is 0 Å². The summed E-state index contributed by atoms with van der Waals surface area (Å²) < 4.78 is 0. The first-order valence-electron chi connectivity index (χ1n) is 2.94. The SMILES string of the molecule is B[PH2](C)C(C)(C)C. The van der Waals surface area contributed by atoms with Crippen molar-refractivity contribution >= 4 is 15.4 Å². The molecule has 0 fully saturated rings. The van der Waals surface area contributed by atoms with Crippen molar-refractivity contribution in [3.63, 3.8) is 0 Å². The van der Waals surface area contributed by atoms with Crippen LogP contribution in [0.4, 0.5) is 0 Å². The summed E-state index contributed by atoms with van der Waals surface area (Å²) >= 11 is 0. The van der Waals surface area contributed by atoms with Crippen molar-refractivity contribution in [1.82, 2.24) is 0 Å². The predicted molar refractivity (Wildman–Crippen MR) is 43.9 cm³/mol. The van der Waals surface area contributed by atoms with Gasteiger partial charge in [0.25, 0.3) is 0 Å². The first-order valence-corrected chi connectivity index (χ1v) is 5.83. The minimum atomic E-state index is -0.359. The molecule has 0 spiro atoms. The number of rotatable bonds is 0. The Morgan fingerprint density at radius 2 is 1.43 bits per heavy atom. The summed E-state index contributed by atoms with van der Waals surface area (Å²) in [6.07, 6.45) is 0. The van der Waals surface area contributed by atoms with E-state index in [0.29, 0.717) is 5.16 Å². The first kappa shape index (κ1) is 7.49. The molecular weight excluding hydrogens is 102 g/mol. The number of hydrogen-bond donors (Lipinski definition) is 0. The van der Waals surface area contributed by atoms with Crippen molar-refractivity contribution in [1.29, 1.82) is 0 Å². The molecule has 0 rings (SSSR count). The van der Waals surface area contributed by atoms with Gasteiger partial charge in [-0.25, -0.2) is 0 Å². The second-order valence-corrected chi connectivity index (χ2v) is 7.56. The predicted octanol–water partition coefficient (Wildman–Crippen LogP) is 0.909. The van der Waals surface area contributed by atoms with Gasteiger partial charge in [0.1, 0.15) is 0 Å². The molecule has 0 amide bonds. The van der Waals surface area contributed by atoms with E-state index in [0.717, 1.165) is 0 Å². The van der Waals surface area contributed by atoms with Crippen LogP contribution in [0, 0.1) is 0 Å². The van der Waals surface area contributed by atoms with E-state index >= 15 is 0 Å². The zero-order chi connectivity index (χ0) is 6.08. The van der Waals surface area contributed by atoms with Crippen LogP contribution in [0.2, 0.25) is 0 Å². The first-order chi connectivity index (χ1) is 2.94. The van der Waals surface area contributed by atoms with Gasteiger partial charge in [-0.15, -0.1) is 0 Å². The second kappa shape index (κ2) is 2.18. The fourth-order valence-corrected chi connectivity index (χ4v) is 0. The second-order valence-electron chi connectivity index (χ2n) is 3.52. The van der Waals surface area contributed by atoms with Crippen molar-refractivity contribution in [2.24, 2.45) is 0 Å². The molecule has 0 N–H and O–H groups in total. The summed E-state index contributed by atoms with van der Waals surface area (Å²) in [6.45, 7) is 9.36. The van der Waals surface area contributed by atoms with E-state index in [1.165, 1.54) is 0 Å². The van der Waals surface area contributed by atoms with Gasteiger partial charge in [0.15, 0.2) is 0 Å². The van der Waals surface area contributed by atoms with Crippen LogP contribution in [0.5, 0.6) is 0 Å². The van der Waals surface area contributed by atoms with Crippen molar-refractivity contribution in [2.45, 2.75) is 25.9 Å². The maximum atomic E-state index is 2.39. The van der Waals surface area contributed by atoms with Gasteiger partial charge in [-0.3, -0.25) is 0 Å². The molecule has 0 saturated carbocycles. The fraction of sp³-hybridized carbons (Fsp3) is 1.00. The Labute approximate surface area is 48.8 Å². The van der Waals surface area contributed by atoms with Crippen molar-refractivity contribution in [2.75, 3.05) is 6.66 Å². The summed E-state index contributed by atoms with van der Waals surface area (Å²) in [4.78, 5) is 0. The van der Waals surface area contributed by atoms with Crippen LogP contribution >= 0.6 is 7.80 Å². The molecule has 0 saturated heterocycles. The minimum absolute atomic E-state index is 0.359. The molecule has 0 heterocycles. The molecule has 0 bridgehead atoms. The summed E-state index contributed by atoms with van der Waals surface area (Å²) in [5.41, 5.74) is 0. The Morgan fingerprint density at radius 3 is 1.43 bits per heavy atom. The molecule has 0 aromatic heterocycles. The van der Waals surface area contributed by atoms with Crippen LogP contribution in [-0.4, -0.2) is 19.4 Å². The van der Waals surface area contributed by atoms with Crippen LogP contribution in [0.1, 0.15) is 20.8 Å². The van der Waals surface area contributed by atoms with Crippen molar-refractivity contribution < 1.29 is 0 Å². The third-order valence-corrected chi connectivity index (χ3v) is 5.20. The summed E-state index contributed by atoms with van der Waals surface area (Å²) in [5, 5.41) is 0.639. The van der Waals surface area contributed by atoms with Crippen LogP contribution < -0.4 is 0 Å². The van der Waals surface area contributed by atoms with Gasteiger partial charge >= 0.3 is 48.0 Å². The van der Waals surface area contributed by atoms with Gasteiger partial charge in [-0.2, -0.15) is 0 Å². The molecule has 0 atom stereocenters. The number of hydrogen-bond acceptors (Lipinski definition) is 0. The molecule has 0 aromatic rings. The Bertz CT molecular complexity index is 53.6. The van der Waals surface area contributed by atoms with E-state index < -0.39 is 0 Å². The standard InChI is InChI=1S/C5H16BP/c1-5(2,3)7(4)6/h6-7H2,1-4H3. The van der Waals surface area contributed by atoms with Gasteiger partial charge in [-0.05, 0) is 0 Å². The van der Waals surface area contributed by atoms with Crippen LogP contribution in [0.15, 0.2) is 0 Å². The molecular formula is C5H16BP. The summed E-state index contributed by atoms with van der Waals surface area (Å²) in [6, 6.07) is 0. The molecule has 0 nitrogen and oxygen atoms in total. The third kappa shape index (κ3) is 3.11. The quantitative estimate of drug-likeness (QED) is 0.327. The van der Waals surface area contributed by atoms with Gasteiger partial charge in [0.2, 0.25) is 0 Å². The third-order valence-electron chi connectivity index (χ3n) is 1.73. The van der Waals surface area contributed by atoms with Crippen molar-refractivity contribution in [3.05, 3.63) is 0 Å². The van der Waals surface area contributed by atoms with Crippen molar-refractivity contribution in [3.8, 4) is 0 Å². The van der Waals surface area contributed by atoms with Gasteiger partial charge in [-0.1, -0.05) is 0 Å². The van der Waals surface area contributed by atoms with Gasteiger partial charge < -0.3 is 0 Å². The van der Waals surface area contributed by atoms with Gasteiger partial charge in [0.05, 0.1) is 0 Å². The Kier molecular flexibility index (Phi) is 2.33. The Hall–Kier alpha value is 0.495. The summed E-state index contributed by atoms with van der Waals surface area (Å²) in [5.74, 6) is 0. The van der Waals surface area contributed by atoms with E-state index in [1.807, 2.05) is 0 Å². The average Bonchev–Trinajstić information content (AvgIpc) is 1.31. The zero-order valence-corrected chi connectivity index (χ0v) is 7.23. The Balaban J connectivity index is 3.54. The average molecular weight is 118 g/mol. The molecule has 0 radical (unpaired) electrons. The van der Waals surface area contributed by atoms with E-state index in [4.69, 9.17) is 0 Å². The molecule has 0 aliphatic carbocycles. The molecule has 44 valence electrons. The molecule has 0 unspecified atom stereocenters. The van der Waals surface area contributed by atoms with Gasteiger partial charge in [0, 0.05) is 0 Å². The normalized spacial score (nSPS) is 14.0. The van der Waals surface area contributed by atoms with Crippen LogP contribution in [0.3, 0.4) is 0 Å². The molecule has 0 aliphatic rings.